The standard InChI is InChI=1S/C18H23NO3/c1-5-12-19(13-16-9-7-6-8-14(16)2)18(21)15(3)10-11-17(20)22-4/h5-9H,1,3,10-13H2,2,4H3. The van der Waals surface area contributed by atoms with Gasteiger partial charge in [0.1, 0.15) is 0 Å². The lowest BCUT2D eigenvalue weighted by molar-refractivity contribution is -0.140. The van der Waals surface area contributed by atoms with Gasteiger partial charge >= 0.3 is 5.97 Å². The Morgan fingerprint density at radius 1 is 1.27 bits per heavy atom. The molecule has 0 heterocycles. The lowest BCUT2D eigenvalue weighted by Crippen LogP contribution is -2.32. The number of rotatable bonds is 8. The second kappa shape index (κ2) is 8.82. The summed E-state index contributed by atoms with van der Waals surface area (Å²) >= 11 is 0. The SMILES string of the molecule is C=CCN(Cc1ccccc1C)C(=O)C(=C)CCC(=O)OC. The van der Waals surface area contributed by atoms with E-state index in [4.69, 9.17) is 0 Å². The van der Waals surface area contributed by atoms with Crippen molar-refractivity contribution in [1.29, 1.82) is 0 Å². The molecule has 0 radical (unpaired) electrons. The van der Waals surface area contributed by atoms with E-state index >= 15 is 0 Å². The molecular formula is C18H23NO3. The number of ether oxygens (including phenoxy) is 1. The lowest BCUT2D eigenvalue weighted by atomic mass is 10.1. The number of benzene rings is 1. The molecule has 0 unspecified atom stereocenters. The van der Waals surface area contributed by atoms with Crippen molar-refractivity contribution in [3.8, 4) is 0 Å². The summed E-state index contributed by atoms with van der Waals surface area (Å²) in [5.74, 6) is -0.504. The van der Waals surface area contributed by atoms with Gasteiger partial charge in [0.05, 0.1) is 7.11 Å². The molecule has 0 saturated carbocycles. The smallest absolute Gasteiger partial charge is 0.305 e. The van der Waals surface area contributed by atoms with Crippen LogP contribution in [0.5, 0.6) is 0 Å². The third-order valence-corrected chi connectivity index (χ3v) is 3.42. The molecule has 1 amide bonds. The van der Waals surface area contributed by atoms with Gasteiger partial charge in [0.25, 0.3) is 0 Å². The molecule has 0 saturated heterocycles. The largest absolute Gasteiger partial charge is 0.469 e. The van der Waals surface area contributed by atoms with Crippen LogP contribution in [0.4, 0.5) is 0 Å². The second-order valence-corrected chi connectivity index (χ2v) is 5.08. The molecule has 0 aliphatic heterocycles. The number of aryl methyl sites for hydroxylation is 1. The minimum atomic E-state index is -0.344. The lowest BCUT2D eigenvalue weighted by Gasteiger charge is -2.23. The normalized spacial score (nSPS) is 9.91. The van der Waals surface area contributed by atoms with Crippen molar-refractivity contribution < 1.29 is 14.3 Å². The van der Waals surface area contributed by atoms with Gasteiger partial charge in [-0.2, -0.15) is 0 Å². The van der Waals surface area contributed by atoms with Crippen LogP contribution in [0.15, 0.2) is 49.1 Å². The summed E-state index contributed by atoms with van der Waals surface area (Å²) in [6.07, 6.45) is 2.14. The highest BCUT2D eigenvalue weighted by Crippen LogP contribution is 2.14. The zero-order valence-electron chi connectivity index (χ0n) is 13.3. The van der Waals surface area contributed by atoms with Gasteiger partial charge in [-0.3, -0.25) is 9.59 Å². The van der Waals surface area contributed by atoms with Crippen molar-refractivity contribution in [3.63, 3.8) is 0 Å². The molecule has 0 N–H and O–H groups in total. The summed E-state index contributed by atoms with van der Waals surface area (Å²) in [6, 6.07) is 7.92. The van der Waals surface area contributed by atoms with E-state index in [0.29, 0.717) is 25.1 Å². The number of carbonyl (C=O) groups is 2. The molecule has 0 atom stereocenters. The first-order valence-electron chi connectivity index (χ1n) is 7.18. The number of esters is 1. The van der Waals surface area contributed by atoms with E-state index in [1.165, 1.54) is 7.11 Å². The average Bonchev–Trinajstić information content (AvgIpc) is 2.53. The number of hydrogen-bond donors (Lipinski definition) is 0. The van der Waals surface area contributed by atoms with Crippen molar-refractivity contribution in [3.05, 3.63) is 60.2 Å². The van der Waals surface area contributed by atoms with Crippen LogP contribution in [-0.4, -0.2) is 30.4 Å². The maximum Gasteiger partial charge on any atom is 0.305 e. The maximum atomic E-state index is 12.5. The Morgan fingerprint density at radius 2 is 1.95 bits per heavy atom. The van der Waals surface area contributed by atoms with E-state index in [1.54, 1.807) is 11.0 Å². The minimum absolute atomic E-state index is 0.160. The number of carbonyl (C=O) groups excluding carboxylic acids is 2. The molecule has 4 nitrogen and oxygen atoms in total. The topological polar surface area (TPSA) is 46.6 Å². The monoisotopic (exact) mass is 301 g/mol. The van der Waals surface area contributed by atoms with Crippen LogP contribution >= 0.6 is 0 Å². The van der Waals surface area contributed by atoms with Crippen molar-refractivity contribution in [1.82, 2.24) is 4.90 Å². The van der Waals surface area contributed by atoms with Crippen LogP contribution in [-0.2, 0) is 20.9 Å². The maximum absolute atomic E-state index is 12.5. The van der Waals surface area contributed by atoms with Crippen LogP contribution < -0.4 is 0 Å². The van der Waals surface area contributed by atoms with Crippen LogP contribution in [0.1, 0.15) is 24.0 Å². The summed E-state index contributed by atoms with van der Waals surface area (Å²) in [5, 5.41) is 0. The van der Waals surface area contributed by atoms with E-state index in [-0.39, 0.29) is 18.3 Å². The number of methoxy groups -OCH3 is 1. The van der Waals surface area contributed by atoms with Gasteiger partial charge in [-0.1, -0.05) is 36.9 Å². The third kappa shape index (κ3) is 5.20. The molecular weight excluding hydrogens is 278 g/mol. The van der Waals surface area contributed by atoms with E-state index in [2.05, 4.69) is 17.9 Å². The fraction of sp³-hybridized carbons (Fsp3) is 0.333. The Labute approximate surface area is 132 Å². The molecule has 22 heavy (non-hydrogen) atoms. The molecule has 0 aliphatic carbocycles. The Hall–Kier alpha value is -2.36. The summed E-state index contributed by atoms with van der Waals surface area (Å²) in [5.41, 5.74) is 2.61. The first-order chi connectivity index (χ1) is 10.5. The molecule has 0 bridgehead atoms. The Kier molecular flexibility index (Phi) is 7.09. The van der Waals surface area contributed by atoms with Crippen LogP contribution in [0.3, 0.4) is 0 Å². The van der Waals surface area contributed by atoms with Gasteiger partial charge in [0, 0.05) is 25.1 Å². The number of hydrogen-bond acceptors (Lipinski definition) is 3. The fourth-order valence-electron chi connectivity index (χ4n) is 2.05. The third-order valence-electron chi connectivity index (χ3n) is 3.42. The summed E-state index contributed by atoms with van der Waals surface area (Å²) in [6.45, 7) is 10.4. The van der Waals surface area contributed by atoms with Crippen molar-refractivity contribution in [2.24, 2.45) is 0 Å². The van der Waals surface area contributed by atoms with Crippen LogP contribution in [0, 0.1) is 6.92 Å². The van der Waals surface area contributed by atoms with E-state index in [0.717, 1.165) is 11.1 Å². The first-order valence-corrected chi connectivity index (χ1v) is 7.18. The Balaban J connectivity index is 2.75. The second-order valence-electron chi connectivity index (χ2n) is 5.08. The predicted octanol–water partition coefficient (Wildman–Crippen LogP) is 3.02. The van der Waals surface area contributed by atoms with Gasteiger partial charge < -0.3 is 9.64 Å². The van der Waals surface area contributed by atoms with Gasteiger partial charge in [0.15, 0.2) is 0 Å². The fourth-order valence-corrected chi connectivity index (χ4v) is 2.05. The van der Waals surface area contributed by atoms with E-state index in [1.807, 2.05) is 31.2 Å². The quantitative estimate of drug-likeness (QED) is 0.421. The Morgan fingerprint density at radius 3 is 2.55 bits per heavy atom. The number of nitrogens with zero attached hydrogens (tertiary/aromatic N) is 1. The van der Waals surface area contributed by atoms with E-state index < -0.39 is 0 Å². The van der Waals surface area contributed by atoms with Crippen molar-refractivity contribution >= 4 is 11.9 Å². The molecule has 1 rings (SSSR count). The number of amides is 1. The molecule has 1 aromatic carbocycles. The van der Waals surface area contributed by atoms with Crippen molar-refractivity contribution in [2.45, 2.75) is 26.3 Å². The van der Waals surface area contributed by atoms with Crippen LogP contribution in [0.2, 0.25) is 0 Å². The predicted molar refractivity (Wildman–Crippen MR) is 87.2 cm³/mol. The highest BCUT2D eigenvalue weighted by molar-refractivity contribution is 5.93. The molecule has 0 aliphatic rings. The Bertz CT molecular complexity index is 563. The van der Waals surface area contributed by atoms with E-state index in [9.17, 15) is 9.59 Å². The summed E-state index contributed by atoms with van der Waals surface area (Å²) in [7, 11) is 1.33. The average molecular weight is 301 g/mol. The van der Waals surface area contributed by atoms with Gasteiger partial charge in [-0.05, 0) is 24.5 Å². The molecule has 1 aromatic rings. The van der Waals surface area contributed by atoms with Gasteiger partial charge in [-0.25, -0.2) is 0 Å². The molecule has 118 valence electrons. The van der Waals surface area contributed by atoms with Crippen LogP contribution in [0.25, 0.3) is 0 Å². The molecule has 4 heteroatoms. The minimum Gasteiger partial charge on any atom is -0.469 e. The van der Waals surface area contributed by atoms with Crippen molar-refractivity contribution in [2.75, 3.05) is 13.7 Å². The van der Waals surface area contributed by atoms with Gasteiger partial charge in [0.2, 0.25) is 5.91 Å². The molecule has 0 aromatic heterocycles. The first kappa shape index (κ1) is 17.7. The molecule has 0 spiro atoms. The molecule has 0 fully saturated rings. The summed E-state index contributed by atoms with van der Waals surface area (Å²) < 4.78 is 4.58. The summed E-state index contributed by atoms with van der Waals surface area (Å²) in [4.78, 5) is 25.3. The highest BCUT2D eigenvalue weighted by Gasteiger charge is 2.17. The highest BCUT2D eigenvalue weighted by atomic mass is 16.5. The zero-order chi connectivity index (χ0) is 16.5. The van der Waals surface area contributed by atoms with Gasteiger partial charge in [-0.15, -0.1) is 6.58 Å². The zero-order valence-corrected chi connectivity index (χ0v) is 13.3.